The first-order valence-corrected chi connectivity index (χ1v) is 32.4. The fraction of sp³-hybridized carbons (Fsp3) is 0.848. The van der Waals surface area contributed by atoms with Gasteiger partial charge in [-0.15, -0.1) is 0 Å². The van der Waals surface area contributed by atoms with E-state index in [1.807, 2.05) is 6.08 Å². The second kappa shape index (κ2) is 54.2. The Morgan fingerprint density at radius 1 is 0.506 bits per heavy atom. The Morgan fingerprint density at radius 2 is 0.909 bits per heavy atom. The van der Waals surface area contributed by atoms with Crippen molar-refractivity contribution in [3.05, 3.63) is 48.6 Å². The van der Waals surface area contributed by atoms with Crippen LogP contribution >= 0.6 is 0 Å². The molecule has 1 heterocycles. The van der Waals surface area contributed by atoms with E-state index >= 15 is 0 Å². The van der Waals surface area contributed by atoms with E-state index < -0.39 is 67.4 Å². The summed E-state index contributed by atoms with van der Waals surface area (Å²) in [5, 5.41) is 56.9. The molecule has 450 valence electrons. The summed E-state index contributed by atoms with van der Waals surface area (Å²) in [4.78, 5) is 26.5. The summed E-state index contributed by atoms with van der Waals surface area (Å²) >= 11 is 0. The van der Waals surface area contributed by atoms with Crippen molar-refractivity contribution < 1.29 is 49.3 Å². The third kappa shape index (κ3) is 42.2. The van der Waals surface area contributed by atoms with Gasteiger partial charge < -0.3 is 45.1 Å². The number of unbranched alkanes of at least 4 members (excludes halogenated alkanes) is 35. The van der Waals surface area contributed by atoms with E-state index in [2.05, 4.69) is 62.5 Å². The fourth-order valence-electron chi connectivity index (χ4n) is 10.0. The van der Waals surface area contributed by atoms with Crippen molar-refractivity contribution in [3.8, 4) is 0 Å². The highest BCUT2D eigenvalue weighted by Crippen LogP contribution is 2.26. The van der Waals surface area contributed by atoms with Crippen molar-refractivity contribution in [1.29, 1.82) is 0 Å². The summed E-state index contributed by atoms with van der Waals surface area (Å²) in [5.41, 5.74) is 0. The van der Waals surface area contributed by atoms with Gasteiger partial charge in [0.25, 0.3) is 0 Å². The second-order valence-corrected chi connectivity index (χ2v) is 22.5. The number of esters is 1. The number of rotatable bonds is 55. The lowest BCUT2D eigenvalue weighted by molar-refractivity contribution is -0.305. The Labute approximate surface area is 472 Å². The maximum absolute atomic E-state index is 13.4. The van der Waals surface area contributed by atoms with Gasteiger partial charge in [-0.1, -0.05) is 262 Å². The van der Waals surface area contributed by atoms with Crippen LogP contribution in [0.5, 0.6) is 0 Å². The zero-order valence-corrected chi connectivity index (χ0v) is 49.8. The molecule has 6 N–H and O–H groups in total. The molecule has 77 heavy (non-hydrogen) atoms. The number of aliphatic hydroxyl groups is 5. The van der Waals surface area contributed by atoms with Gasteiger partial charge in [0.05, 0.1) is 25.4 Å². The standard InChI is InChI=1S/C66H121NO10/c1-4-7-10-13-16-19-22-23-24-25-26-27-28-29-30-31-32-33-34-35-36-39-41-44-47-50-53-59(70)65(74)67-57(58(69)52-49-46-43-40-37-20-17-14-11-8-5-2)56-75-66-64(63(73)62(72)60(55-68)76-66)77-61(71)54-51-48-45-42-38-21-18-15-12-9-6-3/h15-16,18-19,23-24,49,52,57-60,62-64,66,68-70,72-73H,4-14,17,20-22,25-48,50-51,53-56H2,1-3H3,(H,67,74)/b18-15-,19-16-,24-23-,52-49+. The number of hydrogen-bond donors (Lipinski definition) is 6. The normalized spacial score (nSPS) is 19.3. The molecule has 1 aliphatic heterocycles. The molecule has 0 aromatic rings. The van der Waals surface area contributed by atoms with E-state index in [-0.39, 0.29) is 13.0 Å². The maximum atomic E-state index is 13.4. The van der Waals surface area contributed by atoms with Crippen molar-refractivity contribution in [2.24, 2.45) is 0 Å². The van der Waals surface area contributed by atoms with E-state index in [9.17, 15) is 35.1 Å². The van der Waals surface area contributed by atoms with Crippen LogP contribution in [-0.2, 0) is 23.8 Å². The Morgan fingerprint density at radius 3 is 1.40 bits per heavy atom. The smallest absolute Gasteiger partial charge is 0.306 e. The predicted octanol–water partition coefficient (Wildman–Crippen LogP) is 15.6. The molecule has 0 spiro atoms. The Bertz CT molecular complexity index is 1440. The summed E-state index contributed by atoms with van der Waals surface area (Å²) in [7, 11) is 0. The van der Waals surface area contributed by atoms with Crippen molar-refractivity contribution in [2.75, 3.05) is 13.2 Å². The van der Waals surface area contributed by atoms with Crippen molar-refractivity contribution in [2.45, 2.75) is 346 Å². The molecular weight excluding hydrogens is 967 g/mol. The lowest BCUT2D eigenvalue weighted by Crippen LogP contribution is -2.61. The van der Waals surface area contributed by atoms with Crippen LogP contribution in [0.4, 0.5) is 0 Å². The second-order valence-electron chi connectivity index (χ2n) is 22.5. The molecule has 0 saturated carbocycles. The molecule has 11 heteroatoms. The van der Waals surface area contributed by atoms with Crippen molar-refractivity contribution >= 4 is 11.9 Å². The highest BCUT2D eigenvalue weighted by molar-refractivity contribution is 5.80. The number of allylic oxidation sites excluding steroid dienone is 7. The highest BCUT2D eigenvalue weighted by Gasteiger charge is 2.47. The molecule has 1 fully saturated rings. The summed E-state index contributed by atoms with van der Waals surface area (Å²) in [6.07, 6.45) is 56.0. The van der Waals surface area contributed by atoms with Gasteiger partial charge in [0.15, 0.2) is 12.4 Å². The van der Waals surface area contributed by atoms with Gasteiger partial charge in [-0.2, -0.15) is 0 Å². The molecule has 1 saturated heterocycles. The minimum Gasteiger partial charge on any atom is -0.454 e. The van der Waals surface area contributed by atoms with Gasteiger partial charge in [0, 0.05) is 6.42 Å². The van der Waals surface area contributed by atoms with Crippen LogP contribution in [0, 0.1) is 0 Å². The zero-order valence-electron chi connectivity index (χ0n) is 49.8. The van der Waals surface area contributed by atoms with Crippen LogP contribution in [0.3, 0.4) is 0 Å². The molecule has 0 aliphatic carbocycles. The summed E-state index contributed by atoms with van der Waals surface area (Å²) in [5.74, 6) is -1.20. The minimum absolute atomic E-state index is 0.114. The fourth-order valence-corrected chi connectivity index (χ4v) is 10.0. The van der Waals surface area contributed by atoms with E-state index in [1.54, 1.807) is 6.08 Å². The molecule has 1 rings (SSSR count). The van der Waals surface area contributed by atoms with Crippen molar-refractivity contribution in [3.63, 3.8) is 0 Å². The summed E-state index contributed by atoms with van der Waals surface area (Å²) < 4.78 is 17.6. The monoisotopic (exact) mass is 1090 g/mol. The molecule has 0 aromatic heterocycles. The predicted molar refractivity (Wildman–Crippen MR) is 320 cm³/mol. The first kappa shape index (κ1) is 72.6. The third-order valence-electron chi connectivity index (χ3n) is 15.2. The van der Waals surface area contributed by atoms with E-state index in [1.165, 1.54) is 167 Å². The number of carbonyl (C=O) groups is 2. The average Bonchev–Trinajstić information content (AvgIpc) is 3.43. The number of amides is 1. The molecule has 0 aromatic carbocycles. The molecule has 8 unspecified atom stereocenters. The average molecular weight is 1090 g/mol. The van der Waals surface area contributed by atoms with Gasteiger partial charge in [-0.3, -0.25) is 9.59 Å². The summed E-state index contributed by atoms with van der Waals surface area (Å²) in [6.45, 7) is 5.72. The van der Waals surface area contributed by atoms with Crippen LogP contribution in [0.2, 0.25) is 0 Å². The van der Waals surface area contributed by atoms with Crippen LogP contribution < -0.4 is 5.32 Å². The number of hydrogen-bond acceptors (Lipinski definition) is 10. The first-order chi connectivity index (χ1) is 37.7. The molecule has 0 bridgehead atoms. The van der Waals surface area contributed by atoms with Crippen molar-refractivity contribution in [1.82, 2.24) is 5.32 Å². The van der Waals surface area contributed by atoms with Gasteiger partial charge in [-0.25, -0.2) is 0 Å². The Balaban J connectivity index is 2.54. The number of aliphatic hydroxyl groups excluding tert-OH is 5. The Kier molecular flexibility index (Phi) is 51.1. The van der Waals surface area contributed by atoms with Gasteiger partial charge in [0.2, 0.25) is 5.91 Å². The quantitative estimate of drug-likeness (QED) is 0.0195. The number of carbonyl (C=O) groups excluding carboxylic acids is 2. The van der Waals surface area contributed by atoms with Crippen LogP contribution in [0.15, 0.2) is 48.6 Å². The first-order valence-electron chi connectivity index (χ1n) is 32.4. The highest BCUT2D eigenvalue weighted by atomic mass is 16.7. The number of ether oxygens (including phenoxy) is 3. The molecular formula is C66H121NO10. The van der Waals surface area contributed by atoms with Crippen LogP contribution in [-0.4, -0.2) is 99.6 Å². The lowest BCUT2D eigenvalue weighted by atomic mass is 9.99. The van der Waals surface area contributed by atoms with Crippen LogP contribution in [0.1, 0.15) is 297 Å². The molecule has 1 amide bonds. The van der Waals surface area contributed by atoms with E-state index in [4.69, 9.17) is 14.2 Å². The lowest BCUT2D eigenvalue weighted by Gasteiger charge is -2.41. The zero-order chi connectivity index (χ0) is 56.1. The molecule has 11 nitrogen and oxygen atoms in total. The van der Waals surface area contributed by atoms with Gasteiger partial charge >= 0.3 is 5.97 Å². The van der Waals surface area contributed by atoms with Gasteiger partial charge in [-0.05, 0) is 77.0 Å². The third-order valence-corrected chi connectivity index (χ3v) is 15.2. The van der Waals surface area contributed by atoms with E-state index in [0.717, 1.165) is 83.5 Å². The maximum Gasteiger partial charge on any atom is 0.306 e. The Hall–Kier alpha value is -2.38. The van der Waals surface area contributed by atoms with Crippen LogP contribution in [0.25, 0.3) is 0 Å². The number of nitrogens with one attached hydrogen (secondary N) is 1. The topological polar surface area (TPSA) is 175 Å². The SMILES string of the molecule is CCCC/C=C\CCCCCCCC(=O)OC1C(OCC(NC(=O)C(O)CCCCCCCCCCCCCCCCCC/C=C\C/C=C\CCCCC)C(O)/C=C/CCCCCCCCCCC)OC(CO)C(O)C1O. The molecule has 8 atom stereocenters. The summed E-state index contributed by atoms with van der Waals surface area (Å²) in [6, 6.07) is -1.02. The van der Waals surface area contributed by atoms with Gasteiger partial charge in [0.1, 0.15) is 24.4 Å². The largest absolute Gasteiger partial charge is 0.454 e. The molecule has 1 aliphatic rings. The minimum atomic E-state index is -1.61. The molecule has 0 radical (unpaired) electrons. The van der Waals surface area contributed by atoms with E-state index in [0.29, 0.717) is 19.3 Å².